The molecule has 3 amide bonds. The van der Waals surface area contributed by atoms with Gasteiger partial charge in [-0.3, -0.25) is 29.2 Å². The number of aromatic nitrogens is 2. The van der Waals surface area contributed by atoms with Gasteiger partial charge in [-0.1, -0.05) is 29.8 Å². The number of nitriles is 1. The molecule has 0 bridgehead atoms. The molecule has 12 heteroatoms. The Labute approximate surface area is 239 Å². The van der Waals surface area contributed by atoms with Gasteiger partial charge in [-0.2, -0.15) is 5.26 Å². The number of carbonyl (C=O) groups is 3. The number of carbonyl (C=O) groups excluding carboxylic acids is 3. The summed E-state index contributed by atoms with van der Waals surface area (Å²) in [4.78, 5) is 51.7. The molecule has 2 atom stereocenters. The van der Waals surface area contributed by atoms with E-state index in [9.17, 15) is 28.4 Å². The zero-order valence-corrected chi connectivity index (χ0v) is 22.7. The van der Waals surface area contributed by atoms with Crippen molar-refractivity contribution in [3.8, 4) is 6.07 Å². The molecule has 2 fully saturated rings. The summed E-state index contributed by atoms with van der Waals surface area (Å²) in [5.41, 5.74) is -0.986. The number of halogens is 3. The van der Waals surface area contributed by atoms with Crippen LogP contribution in [0.3, 0.4) is 0 Å². The lowest BCUT2D eigenvalue weighted by molar-refractivity contribution is -0.128. The van der Waals surface area contributed by atoms with Crippen LogP contribution in [-0.2, 0) is 14.4 Å². The van der Waals surface area contributed by atoms with Crippen LogP contribution in [0.4, 0.5) is 20.3 Å². The largest absolute Gasteiger partial charge is 0.351 e. The van der Waals surface area contributed by atoms with E-state index in [0.29, 0.717) is 0 Å². The van der Waals surface area contributed by atoms with E-state index in [-0.39, 0.29) is 53.3 Å². The van der Waals surface area contributed by atoms with Crippen LogP contribution in [0.15, 0.2) is 61.1 Å². The SMILES string of the molecule is CC1(F)CC(NC(=O)[C@H](c2ccccc2Cl)N(C(=O)[C@@H]2CCC(=O)N2c2cc(C#N)ccn2)c2cncc(F)c2)C1. The van der Waals surface area contributed by atoms with Crippen LogP contribution in [0, 0.1) is 17.1 Å². The van der Waals surface area contributed by atoms with Crippen molar-refractivity contribution in [3.05, 3.63) is 83.0 Å². The first kappa shape index (κ1) is 28.1. The molecular weight excluding hydrogens is 554 g/mol. The third-order valence-corrected chi connectivity index (χ3v) is 7.57. The van der Waals surface area contributed by atoms with E-state index in [0.717, 1.165) is 17.2 Å². The van der Waals surface area contributed by atoms with Crippen LogP contribution in [0.25, 0.3) is 0 Å². The van der Waals surface area contributed by atoms with Gasteiger partial charge < -0.3 is 5.32 Å². The first-order chi connectivity index (χ1) is 19.6. The summed E-state index contributed by atoms with van der Waals surface area (Å²) in [5, 5.41) is 12.3. The fourth-order valence-electron chi connectivity index (χ4n) is 5.37. The molecule has 0 radical (unpaired) electrons. The summed E-state index contributed by atoms with van der Waals surface area (Å²) in [6.45, 7) is 1.44. The Balaban J connectivity index is 1.61. The summed E-state index contributed by atoms with van der Waals surface area (Å²) < 4.78 is 28.7. The number of anilines is 2. The Bertz CT molecular complexity index is 1550. The zero-order chi connectivity index (χ0) is 29.3. The van der Waals surface area contributed by atoms with E-state index in [1.807, 2.05) is 6.07 Å². The van der Waals surface area contributed by atoms with Gasteiger partial charge in [-0.25, -0.2) is 13.8 Å². The van der Waals surface area contributed by atoms with Crippen LogP contribution < -0.4 is 15.1 Å². The molecule has 1 N–H and O–H groups in total. The maximum Gasteiger partial charge on any atom is 0.251 e. The predicted octanol–water partition coefficient (Wildman–Crippen LogP) is 4.42. The smallest absolute Gasteiger partial charge is 0.251 e. The lowest BCUT2D eigenvalue weighted by atomic mass is 9.78. The van der Waals surface area contributed by atoms with Crippen LogP contribution in [0.1, 0.15) is 49.8 Å². The van der Waals surface area contributed by atoms with E-state index < -0.39 is 47.3 Å². The number of hydrogen-bond acceptors (Lipinski definition) is 6. The lowest BCUT2D eigenvalue weighted by Gasteiger charge is -2.41. The summed E-state index contributed by atoms with van der Waals surface area (Å²) >= 11 is 6.53. The highest BCUT2D eigenvalue weighted by molar-refractivity contribution is 6.31. The van der Waals surface area contributed by atoms with Crippen molar-refractivity contribution < 1.29 is 23.2 Å². The second-order valence-corrected chi connectivity index (χ2v) is 10.8. The normalized spacial score (nSPS) is 22.4. The van der Waals surface area contributed by atoms with E-state index >= 15 is 0 Å². The second kappa shape index (κ2) is 11.2. The van der Waals surface area contributed by atoms with Crippen LogP contribution in [0.5, 0.6) is 0 Å². The Morgan fingerprint density at radius 3 is 2.68 bits per heavy atom. The summed E-state index contributed by atoms with van der Waals surface area (Å²) in [7, 11) is 0. The quantitative estimate of drug-likeness (QED) is 0.443. The van der Waals surface area contributed by atoms with Gasteiger partial charge in [0, 0.05) is 48.2 Å². The second-order valence-electron chi connectivity index (χ2n) is 10.4. The molecule has 41 heavy (non-hydrogen) atoms. The number of alkyl halides is 1. The van der Waals surface area contributed by atoms with Gasteiger partial charge in [-0.15, -0.1) is 0 Å². The molecule has 0 spiro atoms. The predicted molar refractivity (Wildman–Crippen MR) is 146 cm³/mol. The number of nitrogens with one attached hydrogen (secondary N) is 1. The Morgan fingerprint density at radius 2 is 2.00 bits per heavy atom. The van der Waals surface area contributed by atoms with Crippen LogP contribution in [-0.4, -0.2) is 45.4 Å². The standard InChI is InChI=1S/C29H25ClF2N6O3/c1-29(32)12-19(13-29)36-27(40)26(21-4-2-3-5-22(21)30)37(20-11-18(31)15-34-16-20)28(41)23-6-7-25(39)38(23)24-10-17(14-33)8-9-35-24/h2-5,8-11,15-16,19,23,26H,6-7,12-13H2,1H3,(H,36,40)/t19?,23-,26-,29?/m0/s1. The topological polar surface area (TPSA) is 119 Å². The maximum atomic E-state index is 14.5. The molecule has 3 aromatic rings. The van der Waals surface area contributed by atoms with E-state index in [1.165, 1.54) is 36.4 Å². The number of benzene rings is 1. The molecule has 1 saturated heterocycles. The van der Waals surface area contributed by atoms with Crippen molar-refractivity contribution in [1.29, 1.82) is 5.26 Å². The molecule has 0 unspecified atom stereocenters. The minimum absolute atomic E-state index is 0.00419. The average Bonchev–Trinajstić information content (AvgIpc) is 3.32. The van der Waals surface area contributed by atoms with Crippen molar-refractivity contribution in [1.82, 2.24) is 15.3 Å². The zero-order valence-electron chi connectivity index (χ0n) is 21.9. The molecule has 1 aliphatic carbocycles. The monoisotopic (exact) mass is 578 g/mol. The molecular formula is C29H25ClF2N6O3. The van der Waals surface area contributed by atoms with Gasteiger partial charge in [0.2, 0.25) is 11.8 Å². The number of nitrogens with zero attached hydrogens (tertiary/aromatic N) is 5. The van der Waals surface area contributed by atoms with Gasteiger partial charge in [-0.05, 0) is 31.5 Å². The van der Waals surface area contributed by atoms with Gasteiger partial charge in [0.05, 0.1) is 29.7 Å². The van der Waals surface area contributed by atoms with Gasteiger partial charge in [0.25, 0.3) is 5.91 Å². The minimum atomic E-state index is -1.42. The van der Waals surface area contributed by atoms with Gasteiger partial charge in [0.1, 0.15) is 29.4 Å². The molecule has 2 aliphatic rings. The Kier molecular flexibility index (Phi) is 7.69. The molecule has 1 saturated carbocycles. The lowest BCUT2D eigenvalue weighted by Crippen LogP contribution is -2.56. The fourth-order valence-corrected chi connectivity index (χ4v) is 5.60. The van der Waals surface area contributed by atoms with Crippen molar-refractivity contribution in [2.24, 2.45) is 0 Å². The van der Waals surface area contributed by atoms with Crippen molar-refractivity contribution in [2.45, 2.75) is 56.4 Å². The van der Waals surface area contributed by atoms with Crippen molar-refractivity contribution in [2.75, 3.05) is 9.80 Å². The van der Waals surface area contributed by atoms with E-state index in [4.69, 9.17) is 11.6 Å². The highest BCUT2D eigenvalue weighted by Gasteiger charge is 2.46. The molecule has 210 valence electrons. The third-order valence-electron chi connectivity index (χ3n) is 7.22. The summed E-state index contributed by atoms with van der Waals surface area (Å²) in [5.74, 6) is -2.43. The molecule has 3 heterocycles. The fraction of sp³-hybridized carbons (Fsp3) is 0.310. The highest BCUT2D eigenvalue weighted by Crippen LogP contribution is 2.38. The summed E-state index contributed by atoms with van der Waals surface area (Å²) in [6.07, 6.45) is 3.81. The Morgan fingerprint density at radius 1 is 1.24 bits per heavy atom. The van der Waals surface area contributed by atoms with Gasteiger partial charge >= 0.3 is 0 Å². The Hall–Kier alpha value is -4.43. The molecule has 5 rings (SSSR count). The van der Waals surface area contributed by atoms with E-state index in [2.05, 4.69) is 15.3 Å². The number of amides is 3. The van der Waals surface area contributed by atoms with Crippen LogP contribution >= 0.6 is 11.6 Å². The van der Waals surface area contributed by atoms with E-state index in [1.54, 1.807) is 24.3 Å². The number of hydrogen-bond donors (Lipinski definition) is 1. The molecule has 2 aromatic heterocycles. The third kappa shape index (κ3) is 5.74. The van der Waals surface area contributed by atoms with Gasteiger partial charge in [0.15, 0.2) is 0 Å². The first-order valence-electron chi connectivity index (χ1n) is 12.9. The molecule has 9 nitrogen and oxygen atoms in total. The number of pyridine rings is 2. The van der Waals surface area contributed by atoms with Crippen molar-refractivity contribution in [3.63, 3.8) is 0 Å². The molecule has 1 aromatic carbocycles. The van der Waals surface area contributed by atoms with Crippen LogP contribution in [0.2, 0.25) is 5.02 Å². The number of rotatable bonds is 7. The summed E-state index contributed by atoms with van der Waals surface area (Å²) in [6, 6.07) is 9.27. The maximum absolute atomic E-state index is 14.5. The minimum Gasteiger partial charge on any atom is -0.351 e. The molecule has 1 aliphatic heterocycles. The highest BCUT2D eigenvalue weighted by atomic mass is 35.5. The average molecular weight is 579 g/mol. The van der Waals surface area contributed by atoms with Crippen molar-refractivity contribution >= 4 is 40.8 Å². The first-order valence-corrected chi connectivity index (χ1v) is 13.3.